The summed E-state index contributed by atoms with van der Waals surface area (Å²) in [4.78, 5) is 29.7. The van der Waals surface area contributed by atoms with Gasteiger partial charge in [-0.3, -0.25) is 9.59 Å². The third kappa shape index (κ3) is 3.57. The fraction of sp³-hybridized carbons (Fsp3) is 0.120. The number of thioether (sulfide) groups is 1. The quantitative estimate of drug-likeness (QED) is 0.450. The minimum Gasteiger partial charge on any atom is -0.268 e. The van der Waals surface area contributed by atoms with Gasteiger partial charge in [0.15, 0.2) is 0 Å². The Hall–Kier alpha value is -2.82. The van der Waals surface area contributed by atoms with Gasteiger partial charge in [0, 0.05) is 9.92 Å². The minimum absolute atomic E-state index is 0.323. The highest BCUT2D eigenvalue weighted by molar-refractivity contribution is 8.04. The molecule has 2 amide bonds. The average molecular weight is 434 g/mol. The number of aryl methyl sites for hydroxylation is 2. The standard InChI is InChI=1S/C25H20ClNO2S/c1-15-12-13-19(16(2)14-15)22-23(30-18-8-5-4-6-9-18)25(29)27(24(22)28)21-11-7-10-20(26)17(21)3/h4-14H,1-3H3. The van der Waals surface area contributed by atoms with Crippen molar-refractivity contribution in [2.75, 3.05) is 4.90 Å². The third-order valence-corrected chi connectivity index (χ3v) is 6.64. The number of carbonyl (C=O) groups excluding carboxylic acids is 2. The van der Waals surface area contributed by atoms with Crippen LogP contribution in [0, 0.1) is 20.8 Å². The van der Waals surface area contributed by atoms with Crippen LogP contribution >= 0.6 is 23.4 Å². The monoisotopic (exact) mass is 433 g/mol. The van der Waals surface area contributed by atoms with E-state index in [1.54, 1.807) is 18.2 Å². The maximum atomic E-state index is 13.6. The van der Waals surface area contributed by atoms with Crippen molar-refractivity contribution >= 4 is 46.4 Å². The molecule has 3 nitrogen and oxygen atoms in total. The van der Waals surface area contributed by atoms with Crippen molar-refractivity contribution in [2.45, 2.75) is 25.7 Å². The van der Waals surface area contributed by atoms with E-state index in [1.165, 1.54) is 16.7 Å². The topological polar surface area (TPSA) is 37.4 Å². The van der Waals surface area contributed by atoms with E-state index >= 15 is 0 Å². The Bertz CT molecular complexity index is 1200. The number of nitrogens with zero attached hydrogens (tertiary/aromatic N) is 1. The zero-order valence-electron chi connectivity index (χ0n) is 16.9. The van der Waals surface area contributed by atoms with Crippen LogP contribution in [0.15, 0.2) is 76.5 Å². The molecule has 3 aromatic rings. The highest BCUT2D eigenvalue weighted by Gasteiger charge is 2.41. The molecule has 0 radical (unpaired) electrons. The van der Waals surface area contributed by atoms with Crippen LogP contribution in [0.3, 0.4) is 0 Å². The number of amides is 2. The molecule has 1 aliphatic rings. The van der Waals surface area contributed by atoms with Crippen LogP contribution in [0.25, 0.3) is 5.57 Å². The van der Waals surface area contributed by atoms with Crippen molar-refractivity contribution in [3.8, 4) is 0 Å². The summed E-state index contributed by atoms with van der Waals surface area (Å²) in [7, 11) is 0. The number of halogens is 1. The highest BCUT2D eigenvalue weighted by atomic mass is 35.5. The van der Waals surface area contributed by atoms with Crippen molar-refractivity contribution in [3.05, 3.63) is 98.9 Å². The molecule has 0 N–H and O–H groups in total. The molecule has 0 bridgehead atoms. The van der Waals surface area contributed by atoms with Gasteiger partial charge < -0.3 is 0 Å². The summed E-state index contributed by atoms with van der Waals surface area (Å²) in [6.07, 6.45) is 0. The molecule has 1 aliphatic heterocycles. The van der Waals surface area contributed by atoms with Crippen LogP contribution in [-0.4, -0.2) is 11.8 Å². The molecule has 150 valence electrons. The van der Waals surface area contributed by atoms with E-state index < -0.39 is 0 Å². The van der Waals surface area contributed by atoms with E-state index in [1.807, 2.05) is 69.3 Å². The first-order valence-corrected chi connectivity index (χ1v) is 10.8. The predicted octanol–water partition coefficient (Wildman–Crippen LogP) is 6.34. The smallest absolute Gasteiger partial charge is 0.268 e. The number of anilines is 1. The van der Waals surface area contributed by atoms with Crippen molar-refractivity contribution in [2.24, 2.45) is 0 Å². The molecule has 0 unspecified atom stereocenters. The second kappa shape index (κ2) is 8.13. The lowest BCUT2D eigenvalue weighted by Crippen LogP contribution is -2.32. The van der Waals surface area contributed by atoms with Crippen molar-refractivity contribution in [1.82, 2.24) is 0 Å². The Balaban J connectivity index is 1.89. The molecule has 0 atom stereocenters. The van der Waals surface area contributed by atoms with Gasteiger partial charge in [-0.2, -0.15) is 0 Å². The molecule has 30 heavy (non-hydrogen) atoms. The number of benzene rings is 3. The number of hydrogen-bond donors (Lipinski definition) is 0. The van der Waals surface area contributed by atoms with Gasteiger partial charge in [-0.1, -0.05) is 71.4 Å². The Morgan fingerprint density at radius 3 is 2.27 bits per heavy atom. The van der Waals surface area contributed by atoms with E-state index in [2.05, 4.69) is 0 Å². The maximum Gasteiger partial charge on any atom is 0.272 e. The molecular weight excluding hydrogens is 414 g/mol. The SMILES string of the molecule is Cc1ccc(C2=C(Sc3ccccc3)C(=O)N(c3cccc(Cl)c3C)C2=O)c(C)c1. The molecule has 5 heteroatoms. The van der Waals surface area contributed by atoms with Gasteiger partial charge in [-0.15, -0.1) is 0 Å². The average Bonchev–Trinajstić information content (AvgIpc) is 2.95. The zero-order chi connectivity index (χ0) is 21.4. The molecule has 0 saturated heterocycles. The second-order valence-electron chi connectivity index (χ2n) is 7.27. The van der Waals surface area contributed by atoms with E-state index in [9.17, 15) is 9.59 Å². The Morgan fingerprint density at radius 2 is 1.57 bits per heavy atom. The Labute approximate surface area is 185 Å². The minimum atomic E-state index is -0.325. The van der Waals surface area contributed by atoms with Crippen molar-refractivity contribution in [1.29, 1.82) is 0 Å². The van der Waals surface area contributed by atoms with Gasteiger partial charge in [-0.25, -0.2) is 4.90 Å². The van der Waals surface area contributed by atoms with Crippen LogP contribution in [0.4, 0.5) is 5.69 Å². The second-order valence-corrected chi connectivity index (χ2v) is 8.76. The largest absolute Gasteiger partial charge is 0.272 e. The molecule has 4 rings (SSSR count). The zero-order valence-corrected chi connectivity index (χ0v) is 18.5. The lowest BCUT2D eigenvalue weighted by molar-refractivity contribution is -0.119. The van der Waals surface area contributed by atoms with Crippen LogP contribution in [0.2, 0.25) is 5.02 Å². The van der Waals surface area contributed by atoms with Crippen LogP contribution in [-0.2, 0) is 9.59 Å². The van der Waals surface area contributed by atoms with Crippen LogP contribution in [0.1, 0.15) is 22.3 Å². The number of carbonyl (C=O) groups is 2. The molecule has 0 aliphatic carbocycles. The van der Waals surface area contributed by atoms with E-state index in [0.29, 0.717) is 26.8 Å². The van der Waals surface area contributed by atoms with Crippen molar-refractivity contribution < 1.29 is 9.59 Å². The summed E-state index contributed by atoms with van der Waals surface area (Å²) >= 11 is 7.60. The fourth-order valence-electron chi connectivity index (χ4n) is 3.60. The number of rotatable bonds is 4. The number of imide groups is 1. The highest BCUT2D eigenvalue weighted by Crippen LogP contribution is 2.43. The molecule has 0 aromatic heterocycles. The van der Waals surface area contributed by atoms with Gasteiger partial charge in [-0.05, 0) is 61.7 Å². The van der Waals surface area contributed by atoms with Crippen LogP contribution < -0.4 is 4.90 Å². The summed E-state index contributed by atoms with van der Waals surface area (Å²) in [6, 6.07) is 20.8. The maximum absolute atomic E-state index is 13.6. The predicted molar refractivity (Wildman–Crippen MR) is 124 cm³/mol. The molecular formula is C25H20ClNO2S. The lowest BCUT2D eigenvalue weighted by Gasteiger charge is -2.18. The van der Waals surface area contributed by atoms with E-state index in [-0.39, 0.29) is 11.8 Å². The van der Waals surface area contributed by atoms with Gasteiger partial charge in [0.25, 0.3) is 11.8 Å². The summed E-state index contributed by atoms with van der Waals surface area (Å²) in [5.74, 6) is -0.648. The third-order valence-electron chi connectivity index (χ3n) is 5.14. The van der Waals surface area contributed by atoms with E-state index in [4.69, 9.17) is 11.6 Å². The van der Waals surface area contributed by atoms with Gasteiger partial charge in [0.2, 0.25) is 0 Å². The van der Waals surface area contributed by atoms with E-state index in [0.717, 1.165) is 21.6 Å². The molecule has 0 spiro atoms. The van der Waals surface area contributed by atoms with Gasteiger partial charge in [0.1, 0.15) is 0 Å². The fourth-order valence-corrected chi connectivity index (χ4v) is 4.78. The number of hydrogen-bond acceptors (Lipinski definition) is 3. The lowest BCUT2D eigenvalue weighted by atomic mass is 9.98. The van der Waals surface area contributed by atoms with Gasteiger partial charge >= 0.3 is 0 Å². The summed E-state index contributed by atoms with van der Waals surface area (Å²) < 4.78 is 0. The molecule has 3 aromatic carbocycles. The normalized spacial score (nSPS) is 14.1. The summed E-state index contributed by atoms with van der Waals surface area (Å²) in [5.41, 5.74) is 4.50. The van der Waals surface area contributed by atoms with Gasteiger partial charge in [0.05, 0.1) is 16.2 Å². The molecule has 0 saturated carbocycles. The first kappa shape index (κ1) is 20.5. The molecule has 1 heterocycles. The van der Waals surface area contributed by atoms with Crippen molar-refractivity contribution in [3.63, 3.8) is 0 Å². The first-order chi connectivity index (χ1) is 14.4. The Kier molecular flexibility index (Phi) is 5.54. The first-order valence-electron chi connectivity index (χ1n) is 9.57. The summed E-state index contributed by atoms with van der Waals surface area (Å²) in [6.45, 7) is 5.79. The Morgan fingerprint density at radius 1 is 0.833 bits per heavy atom. The molecule has 0 fully saturated rings. The summed E-state index contributed by atoms with van der Waals surface area (Å²) in [5, 5.41) is 0.519. The van der Waals surface area contributed by atoms with Crippen LogP contribution in [0.5, 0.6) is 0 Å².